The maximum absolute atomic E-state index is 6.06. The van der Waals surface area contributed by atoms with Crippen LogP contribution in [0, 0.1) is 11.8 Å². The molecule has 0 saturated carbocycles. The average molecular weight is 184 g/mol. The maximum Gasteiger partial charge on any atom is 0.0194 e. The predicted molar refractivity (Wildman–Crippen MR) is 57.6 cm³/mol. The smallest absolute Gasteiger partial charge is 0.0194 e. The SMILES string of the molecule is CC(C)C(C)N1CCC(C)C(N)C1. The van der Waals surface area contributed by atoms with E-state index in [1.54, 1.807) is 0 Å². The Kier molecular flexibility index (Phi) is 3.74. The molecule has 0 aliphatic carbocycles. The highest BCUT2D eigenvalue weighted by Crippen LogP contribution is 2.20. The summed E-state index contributed by atoms with van der Waals surface area (Å²) < 4.78 is 0. The van der Waals surface area contributed by atoms with Crippen LogP contribution in [0.2, 0.25) is 0 Å². The number of likely N-dealkylation sites (tertiary alicyclic amines) is 1. The third-order valence-corrected chi connectivity index (χ3v) is 3.59. The van der Waals surface area contributed by atoms with Crippen molar-refractivity contribution < 1.29 is 0 Å². The summed E-state index contributed by atoms with van der Waals surface area (Å²) in [5.41, 5.74) is 6.06. The molecule has 3 unspecified atom stereocenters. The van der Waals surface area contributed by atoms with Gasteiger partial charge >= 0.3 is 0 Å². The fraction of sp³-hybridized carbons (Fsp3) is 1.00. The van der Waals surface area contributed by atoms with E-state index in [2.05, 4.69) is 32.6 Å². The molecule has 3 atom stereocenters. The fourth-order valence-electron chi connectivity index (χ4n) is 1.92. The number of piperidine rings is 1. The van der Waals surface area contributed by atoms with Crippen LogP contribution >= 0.6 is 0 Å². The summed E-state index contributed by atoms with van der Waals surface area (Å²) in [4.78, 5) is 2.54. The van der Waals surface area contributed by atoms with Crippen molar-refractivity contribution in [2.24, 2.45) is 17.6 Å². The summed E-state index contributed by atoms with van der Waals surface area (Å²) in [7, 11) is 0. The lowest BCUT2D eigenvalue weighted by atomic mass is 9.92. The van der Waals surface area contributed by atoms with E-state index in [9.17, 15) is 0 Å². The van der Waals surface area contributed by atoms with Gasteiger partial charge in [0.2, 0.25) is 0 Å². The third-order valence-electron chi connectivity index (χ3n) is 3.59. The highest BCUT2D eigenvalue weighted by Gasteiger charge is 2.26. The van der Waals surface area contributed by atoms with Gasteiger partial charge in [-0.15, -0.1) is 0 Å². The molecule has 0 bridgehead atoms. The van der Waals surface area contributed by atoms with Crippen molar-refractivity contribution >= 4 is 0 Å². The zero-order valence-electron chi connectivity index (χ0n) is 9.46. The molecule has 1 rings (SSSR count). The van der Waals surface area contributed by atoms with Gasteiger partial charge in [0.05, 0.1) is 0 Å². The van der Waals surface area contributed by atoms with Crippen molar-refractivity contribution in [3.63, 3.8) is 0 Å². The van der Waals surface area contributed by atoms with Crippen molar-refractivity contribution in [1.82, 2.24) is 4.90 Å². The lowest BCUT2D eigenvalue weighted by Crippen LogP contribution is -2.51. The van der Waals surface area contributed by atoms with Gasteiger partial charge in [0.25, 0.3) is 0 Å². The summed E-state index contributed by atoms with van der Waals surface area (Å²) in [5.74, 6) is 1.44. The minimum atomic E-state index is 0.384. The zero-order chi connectivity index (χ0) is 10.0. The van der Waals surface area contributed by atoms with Gasteiger partial charge in [-0.25, -0.2) is 0 Å². The number of hydrogen-bond donors (Lipinski definition) is 1. The average Bonchev–Trinajstić information content (AvgIpc) is 2.08. The van der Waals surface area contributed by atoms with Gasteiger partial charge in [0.15, 0.2) is 0 Å². The van der Waals surface area contributed by atoms with E-state index in [0.29, 0.717) is 18.0 Å². The van der Waals surface area contributed by atoms with Gasteiger partial charge in [0.1, 0.15) is 0 Å². The Labute approximate surface area is 82.5 Å². The molecule has 2 N–H and O–H groups in total. The van der Waals surface area contributed by atoms with E-state index in [-0.39, 0.29) is 0 Å². The number of rotatable bonds is 2. The molecule has 0 spiro atoms. The van der Waals surface area contributed by atoms with Gasteiger partial charge in [-0.3, -0.25) is 4.90 Å². The van der Waals surface area contributed by atoms with E-state index in [1.165, 1.54) is 13.0 Å². The molecule has 0 aromatic heterocycles. The first-order valence-electron chi connectivity index (χ1n) is 5.52. The summed E-state index contributed by atoms with van der Waals surface area (Å²) in [5, 5.41) is 0. The van der Waals surface area contributed by atoms with Crippen LogP contribution in [0.4, 0.5) is 0 Å². The van der Waals surface area contributed by atoms with Crippen LogP contribution < -0.4 is 5.73 Å². The number of nitrogens with zero attached hydrogens (tertiary/aromatic N) is 1. The van der Waals surface area contributed by atoms with E-state index < -0.39 is 0 Å². The minimum absolute atomic E-state index is 0.384. The van der Waals surface area contributed by atoms with E-state index in [0.717, 1.165) is 12.5 Å². The van der Waals surface area contributed by atoms with Gasteiger partial charge in [-0.2, -0.15) is 0 Å². The number of hydrogen-bond acceptors (Lipinski definition) is 2. The summed E-state index contributed by atoms with van der Waals surface area (Å²) in [6.45, 7) is 11.5. The topological polar surface area (TPSA) is 29.3 Å². The van der Waals surface area contributed by atoms with Crippen molar-refractivity contribution in [3.05, 3.63) is 0 Å². The Hall–Kier alpha value is -0.0800. The minimum Gasteiger partial charge on any atom is -0.326 e. The Morgan fingerprint density at radius 3 is 2.38 bits per heavy atom. The molecule has 0 aromatic carbocycles. The summed E-state index contributed by atoms with van der Waals surface area (Å²) >= 11 is 0. The van der Waals surface area contributed by atoms with E-state index in [1.807, 2.05) is 0 Å². The van der Waals surface area contributed by atoms with Crippen molar-refractivity contribution in [1.29, 1.82) is 0 Å². The molecule has 78 valence electrons. The van der Waals surface area contributed by atoms with Gasteiger partial charge in [-0.1, -0.05) is 20.8 Å². The molecule has 13 heavy (non-hydrogen) atoms. The Balaban J connectivity index is 2.45. The van der Waals surface area contributed by atoms with Crippen LogP contribution in [-0.2, 0) is 0 Å². The van der Waals surface area contributed by atoms with Gasteiger partial charge in [-0.05, 0) is 31.7 Å². The second kappa shape index (κ2) is 4.43. The predicted octanol–water partition coefficient (Wildman–Crippen LogP) is 1.70. The highest BCUT2D eigenvalue weighted by atomic mass is 15.2. The van der Waals surface area contributed by atoms with Crippen LogP contribution in [0.3, 0.4) is 0 Å². The molecule has 2 nitrogen and oxygen atoms in total. The van der Waals surface area contributed by atoms with Crippen molar-refractivity contribution in [2.45, 2.75) is 46.2 Å². The van der Waals surface area contributed by atoms with Crippen molar-refractivity contribution in [3.8, 4) is 0 Å². The first-order chi connectivity index (χ1) is 6.02. The van der Waals surface area contributed by atoms with Crippen LogP contribution in [0.5, 0.6) is 0 Å². The molecule has 0 aromatic rings. The molecule has 1 aliphatic heterocycles. The first-order valence-corrected chi connectivity index (χ1v) is 5.52. The molecule has 0 amide bonds. The standard InChI is InChI=1S/C11H24N2/c1-8(2)10(4)13-6-5-9(3)11(12)7-13/h8-11H,5-7,12H2,1-4H3. The van der Waals surface area contributed by atoms with Crippen LogP contribution in [0.25, 0.3) is 0 Å². The quantitative estimate of drug-likeness (QED) is 0.708. The molecule has 1 saturated heterocycles. The molecular weight excluding hydrogens is 160 g/mol. The van der Waals surface area contributed by atoms with Crippen LogP contribution in [0.1, 0.15) is 34.1 Å². The second-order valence-corrected chi connectivity index (χ2v) is 4.91. The summed E-state index contributed by atoms with van der Waals surface area (Å²) in [6.07, 6.45) is 1.26. The fourth-order valence-corrected chi connectivity index (χ4v) is 1.92. The second-order valence-electron chi connectivity index (χ2n) is 4.91. The maximum atomic E-state index is 6.06. The lowest BCUT2D eigenvalue weighted by Gasteiger charge is -2.40. The van der Waals surface area contributed by atoms with Crippen molar-refractivity contribution in [2.75, 3.05) is 13.1 Å². The third kappa shape index (κ3) is 2.68. The van der Waals surface area contributed by atoms with Crippen LogP contribution in [0.15, 0.2) is 0 Å². The Morgan fingerprint density at radius 1 is 1.31 bits per heavy atom. The highest BCUT2D eigenvalue weighted by molar-refractivity contribution is 4.83. The first kappa shape index (κ1) is 11.0. The Morgan fingerprint density at radius 2 is 1.92 bits per heavy atom. The normalized spacial score (nSPS) is 33.7. The molecule has 2 heteroatoms. The number of nitrogens with two attached hydrogens (primary N) is 1. The molecule has 1 heterocycles. The zero-order valence-corrected chi connectivity index (χ0v) is 9.46. The summed E-state index contributed by atoms with van der Waals surface area (Å²) in [6, 6.07) is 1.06. The monoisotopic (exact) mass is 184 g/mol. The molecular formula is C11H24N2. The lowest BCUT2D eigenvalue weighted by molar-refractivity contribution is 0.104. The van der Waals surface area contributed by atoms with Gasteiger partial charge < -0.3 is 5.73 Å². The largest absolute Gasteiger partial charge is 0.326 e. The molecule has 0 radical (unpaired) electrons. The van der Waals surface area contributed by atoms with Gasteiger partial charge in [0, 0.05) is 18.6 Å². The van der Waals surface area contributed by atoms with E-state index in [4.69, 9.17) is 5.73 Å². The van der Waals surface area contributed by atoms with E-state index >= 15 is 0 Å². The molecule has 1 fully saturated rings. The molecule has 1 aliphatic rings. The van der Waals surface area contributed by atoms with Crippen LogP contribution in [-0.4, -0.2) is 30.1 Å². The Bertz CT molecular complexity index is 156.